The molecule has 5 heteroatoms. The summed E-state index contributed by atoms with van der Waals surface area (Å²) in [5.41, 5.74) is 2.74. The van der Waals surface area contributed by atoms with Gasteiger partial charge in [0.2, 0.25) is 0 Å². The summed E-state index contributed by atoms with van der Waals surface area (Å²) in [6, 6.07) is 13.7. The molecular formula is C19H20BrNO3. The van der Waals surface area contributed by atoms with E-state index >= 15 is 0 Å². The zero-order valence-corrected chi connectivity index (χ0v) is 15.4. The zero-order valence-electron chi connectivity index (χ0n) is 13.8. The number of halogens is 1. The Kier molecular flexibility index (Phi) is 4.92. The summed E-state index contributed by atoms with van der Waals surface area (Å²) in [6.45, 7) is 0.459. The van der Waals surface area contributed by atoms with Gasteiger partial charge in [-0.15, -0.1) is 0 Å². The second-order valence-electron chi connectivity index (χ2n) is 6.04. The lowest BCUT2D eigenvalue weighted by atomic mass is 10.00. The van der Waals surface area contributed by atoms with Gasteiger partial charge < -0.3 is 14.8 Å². The van der Waals surface area contributed by atoms with Crippen molar-refractivity contribution in [2.24, 2.45) is 0 Å². The van der Waals surface area contributed by atoms with Gasteiger partial charge in [-0.05, 0) is 45.3 Å². The molecule has 0 fully saturated rings. The van der Waals surface area contributed by atoms with Gasteiger partial charge in [-0.2, -0.15) is 0 Å². The molecule has 0 unspecified atom stereocenters. The minimum absolute atomic E-state index is 0.145. The molecule has 1 amide bonds. The van der Waals surface area contributed by atoms with Gasteiger partial charge in [0.1, 0.15) is 5.75 Å². The van der Waals surface area contributed by atoms with Crippen LogP contribution >= 0.6 is 15.9 Å². The fourth-order valence-corrected chi connectivity index (χ4v) is 3.57. The number of methoxy groups -OCH3 is 2. The van der Waals surface area contributed by atoms with Crippen molar-refractivity contribution in [2.45, 2.75) is 18.4 Å². The number of ether oxygens (including phenoxy) is 2. The molecule has 0 aromatic heterocycles. The van der Waals surface area contributed by atoms with Gasteiger partial charge in [-0.25, -0.2) is 0 Å². The number of benzene rings is 2. The first kappa shape index (κ1) is 17.0. The van der Waals surface area contributed by atoms with Gasteiger partial charge in [0.25, 0.3) is 5.91 Å². The van der Waals surface area contributed by atoms with Gasteiger partial charge in [-0.1, -0.05) is 24.3 Å². The zero-order chi connectivity index (χ0) is 17.2. The van der Waals surface area contributed by atoms with Crippen molar-refractivity contribution in [1.82, 2.24) is 5.32 Å². The average Bonchev–Trinajstić information content (AvgIpc) is 2.99. The molecule has 0 bridgehead atoms. The van der Waals surface area contributed by atoms with Crippen LogP contribution in [0.5, 0.6) is 5.75 Å². The Morgan fingerprint density at radius 3 is 2.42 bits per heavy atom. The lowest BCUT2D eigenvalue weighted by Crippen LogP contribution is -2.45. The fraction of sp³-hybridized carbons (Fsp3) is 0.316. The van der Waals surface area contributed by atoms with E-state index in [2.05, 4.69) is 33.4 Å². The van der Waals surface area contributed by atoms with Crippen molar-refractivity contribution < 1.29 is 14.3 Å². The van der Waals surface area contributed by atoms with Crippen LogP contribution in [0.3, 0.4) is 0 Å². The van der Waals surface area contributed by atoms with E-state index in [4.69, 9.17) is 9.47 Å². The SMILES string of the molecule is COc1ccc(Br)c(C(=O)NCC2(OC)Cc3ccccc3C2)c1. The molecule has 0 aliphatic heterocycles. The van der Waals surface area contributed by atoms with Crippen LogP contribution in [0, 0.1) is 0 Å². The molecule has 0 saturated carbocycles. The quantitative estimate of drug-likeness (QED) is 0.852. The number of amides is 1. The second-order valence-corrected chi connectivity index (χ2v) is 6.89. The Bertz CT molecular complexity index is 735. The smallest absolute Gasteiger partial charge is 0.252 e. The Balaban J connectivity index is 1.72. The summed E-state index contributed by atoms with van der Waals surface area (Å²) in [4.78, 5) is 12.6. The number of carbonyl (C=O) groups is 1. The highest BCUT2D eigenvalue weighted by atomic mass is 79.9. The Hall–Kier alpha value is -1.85. The third-order valence-corrected chi connectivity index (χ3v) is 5.26. The molecule has 1 aliphatic rings. The van der Waals surface area contributed by atoms with Crippen molar-refractivity contribution in [1.29, 1.82) is 0 Å². The van der Waals surface area contributed by atoms with Crippen molar-refractivity contribution in [2.75, 3.05) is 20.8 Å². The van der Waals surface area contributed by atoms with E-state index < -0.39 is 0 Å². The number of hydrogen-bond donors (Lipinski definition) is 1. The third-order valence-electron chi connectivity index (χ3n) is 4.57. The molecule has 2 aromatic carbocycles. The number of rotatable bonds is 5. The predicted molar refractivity (Wildman–Crippen MR) is 96.6 cm³/mol. The van der Waals surface area contributed by atoms with Crippen LogP contribution in [0.4, 0.5) is 0 Å². The highest BCUT2D eigenvalue weighted by molar-refractivity contribution is 9.10. The molecule has 126 valence electrons. The van der Waals surface area contributed by atoms with Gasteiger partial charge >= 0.3 is 0 Å². The van der Waals surface area contributed by atoms with Crippen molar-refractivity contribution in [3.05, 3.63) is 63.6 Å². The Morgan fingerprint density at radius 1 is 1.17 bits per heavy atom. The van der Waals surface area contributed by atoms with Crippen molar-refractivity contribution in [3.8, 4) is 5.75 Å². The number of nitrogens with one attached hydrogen (secondary N) is 1. The van der Waals surface area contributed by atoms with Crippen molar-refractivity contribution in [3.63, 3.8) is 0 Å². The molecule has 2 aromatic rings. The van der Waals surface area contributed by atoms with Crippen LogP contribution in [0.2, 0.25) is 0 Å². The van der Waals surface area contributed by atoms with Crippen LogP contribution in [0.1, 0.15) is 21.5 Å². The van der Waals surface area contributed by atoms with E-state index in [0.717, 1.165) is 17.3 Å². The van der Waals surface area contributed by atoms with Crippen LogP contribution in [0.15, 0.2) is 46.9 Å². The van der Waals surface area contributed by atoms with E-state index in [9.17, 15) is 4.79 Å². The van der Waals surface area contributed by atoms with Crippen LogP contribution in [-0.4, -0.2) is 32.3 Å². The summed E-state index contributed by atoms with van der Waals surface area (Å²) in [5, 5.41) is 3.01. The van der Waals surface area contributed by atoms with Crippen molar-refractivity contribution >= 4 is 21.8 Å². The predicted octanol–water partition coefficient (Wildman–Crippen LogP) is 3.37. The van der Waals surface area contributed by atoms with E-state index in [0.29, 0.717) is 17.9 Å². The lowest BCUT2D eigenvalue weighted by Gasteiger charge is -2.28. The highest BCUT2D eigenvalue weighted by Crippen LogP contribution is 2.32. The molecule has 0 heterocycles. The largest absolute Gasteiger partial charge is 0.497 e. The summed E-state index contributed by atoms with van der Waals surface area (Å²) in [5.74, 6) is 0.506. The maximum absolute atomic E-state index is 12.6. The molecule has 0 saturated heterocycles. The molecular weight excluding hydrogens is 370 g/mol. The monoisotopic (exact) mass is 389 g/mol. The van der Waals surface area contributed by atoms with E-state index in [1.165, 1.54) is 11.1 Å². The molecule has 24 heavy (non-hydrogen) atoms. The van der Waals surface area contributed by atoms with Crippen LogP contribution in [-0.2, 0) is 17.6 Å². The topological polar surface area (TPSA) is 47.6 Å². The first-order chi connectivity index (χ1) is 11.6. The Labute approximate surface area is 150 Å². The average molecular weight is 390 g/mol. The molecule has 3 rings (SSSR count). The third kappa shape index (κ3) is 3.32. The standard InChI is InChI=1S/C19H20BrNO3/c1-23-15-7-8-17(20)16(9-15)18(22)21-12-19(24-2)10-13-5-3-4-6-14(13)11-19/h3-9H,10-12H2,1-2H3,(H,21,22). The maximum Gasteiger partial charge on any atom is 0.252 e. The summed E-state index contributed by atoms with van der Waals surface area (Å²) >= 11 is 3.42. The number of carbonyl (C=O) groups excluding carboxylic acids is 1. The molecule has 1 aliphatic carbocycles. The van der Waals surface area contributed by atoms with E-state index in [-0.39, 0.29) is 11.5 Å². The minimum Gasteiger partial charge on any atom is -0.497 e. The maximum atomic E-state index is 12.6. The number of hydrogen-bond acceptors (Lipinski definition) is 3. The first-order valence-electron chi connectivity index (χ1n) is 7.80. The fourth-order valence-electron chi connectivity index (χ4n) is 3.14. The van der Waals surface area contributed by atoms with Gasteiger partial charge in [-0.3, -0.25) is 4.79 Å². The summed E-state index contributed by atoms with van der Waals surface area (Å²) in [6.07, 6.45) is 1.61. The summed E-state index contributed by atoms with van der Waals surface area (Å²) in [7, 11) is 3.29. The van der Waals surface area contributed by atoms with Gasteiger partial charge in [0.15, 0.2) is 0 Å². The van der Waals surface area contributed by atoms with E-state index in [1.807, 2.05) is 24.3 Å². The molecule has 4 nitrogen and oxygen atoms in total. The molecule has 0 atom stereocenters. The highest BCUT2D eigenvalue weighted by Gasteiger charge is 2.37. The summed E-state index contributed by atoms with van der Waals surface area (Å²) < 4.78 is 11.7. The van der Waals surface area contributed by atoms with E-state index in [1.54, 1.807) is 20.3 Å². The molecule has 0 radical (unpaired) electrons. The minimum atomic E-state index is -0.384. The van der Waals surface area contributed by atoms with Crippen LogP contribution < -0.4 is 10.1 Å². The van der Waals surface area contributed by atoms with Gasteiger partial charge in [0, 0.05) is 31.0 Å². The first-order valence-corrected chi connectivity index (χ1v) is 8.60. The molecule has 1 N–H and O–H groups in total. The van der Waals surface area contributed by atoms with Gasteiger partial charge in [0.05, 0.1) is 18.3 Å². The number of fused-ring (bicyclic) bond motifs is 1. The van der Waals surface area contributed by atoms with Crippen LogP contribution in [0.25, 0.3) is 0 Å². The molecule has 0 spiro atoms. The second kappa shape index (κ2) is 6.95. The lowest BCUT2D eigenvalue weighted by molar-refractivity contribution is 0.000169. The normalized spacial score (nSPS) is 15.0. The Morgan fingerprint density at radius 2 is 1.83 bits per heavy atom.